The SMILES string of the molecule is O=C(NN=Cc1ccccc1C(F)(F)F)c1ccc(CN2CCc3ccccc3C2)cc1. The summed E-state index contributed by atoms with van der Waals surface area (Å²) in [6.07, 6.45) is -2.46. The minimum atomic E-state index is -4.49. The Morgan fingerprint density at radius 2 is 1.66 bits per heavy atom. The number of benzene rings is 3. The summed E-state index contributed by atoms with van der Waals surface area (Å²) in [5.41, 5.74) is 5.59. The highest BCUT2D eigenvalue weighted by molar-refractivity contribution is 5.95. The lowest BCUT2D eigenvalue weighted by Crippen LogP contribution is -2.30. The Balaban J connectivity index is 1.35. The molecule has 0 aromatic heterocycles. The molecule has 1 amide bonds. The monoisotopic (exact) mass is 437 g/mol. The summed E-state index contributed by atoms with van der Waals surface area (Å²) in [5, 5.41) is 3.70. The topological polar surface area (TPSA) is 44.7 Å². The highest BCUT2D eigenvalue weighted by Gasteiger charge is 2.32. The van der Waals surface area contributed by atoms with Crippen molar-refractivity contribution in [1.29, 1.82) is 0 Å². The number of carbonyl (C=O) groups is 1. The third kappa shape index (κ3) is 5.23. The van der Waals surface area contributed by atoms with Crippen molar-refractivity contribution in [1.82, 2.24) is 10.3 Å². The van der Waals surface area contributed by atoms with E-state index in [1.807, 2.05) is 12.1 Å². The summed E-state index contributed by atoms with van der Waals surface area (Å²) in [7, 11) is 0. The van der Waals surface area contributed by atoms with Gasteiger partial charge in [-0.1, -0.05) is 54.6 Å². The Morgan fingerprint density at radius 1 is 0.969 bits per heavy atom. The van der Waals surface area contributed by atoms with E-state index in [1.165, 1.54) is 29.3 Å². The summed E-state index contributed by atoms with van der Waals surface area (Å²) in [5.74, 6) is -0.482. The maximum atomic E-state index is 13.0. The van der Waals surface area contributed by atoms with Gasteiger partial charge in [-0.05, 0) is 41.3 Å². The van der Waals surface area contributed by atoms with Crippen molar-refractivity contribution in [3.8, 4) is 0 Å². The van der Waals surface area contributed by atoms with Crippen LogP contribution in [-0.2, 0) is 25.7 Å². The first-order valence-electron chi connectivity index (χ1n) is 10.3. The van der Waals surface area contributed by atoms with E-state index in [0.29, 0.717) is 5.56 Å². The number of hydrazone groups is 1. The molecule has 32 heavy (non-hydrogen) atoms. The third-order valence-electron chi connectivity index (χ3n) is 5.47. The van der Waals surface area contributed by atoms with Gasteiger partial charge in [-0.2, -0.15) is 18.3 Å². The second-order valence-electron chi connectivity index (χ2n) is 7.71. The Morgan fingerprint density at radius 3 is 2.41 bits per heavy atom. The molecule has 0 saturated carbocycles. The summed E-state index contributed by atoms with van der Waals surface area (Å²) in [6, 6.07) is 20.7. The zero-order chi connectivity index (χ0) is 22.6. The van der Waals surface area contributed by atoms with E-state index in [1.54, 1.807) is 12.1 Å². The fraction of sp³-hybridized carbons (Fsp3) is 0.200. The predicted molar refractivity (Wildman–Crippen MR) is 117 cm³/mol. The second-order valence-corrected chi connectivity index (χ2v) is 7.71. The first kappa shape index (κ1) is 21.8. The number of nitrogens with zero attached hydrogens (tertiary/aromatic N) is 2. The molecular weight excluding hydrogens is 415 g/mol. The van der Waals surface area contributed by atoms with E-state index < -0.39 is 17.6 Å². The summed E-state index contributed by atoms with van der Waals surface area (Å²) >= 11 is 0. The number of alkyl halides is 3. The van der Waals surface area contributed by atoms with Crippen LogP contribution in [0.25, 0.3) is 0 Å². The highest BCUT2D eigenvalue weighted by atomic mass is 19.4. The van der Waals surface area contributed by atoms with E-state index in [-0.39, 0.29) is 5.56 Å². The molecule has 0 unspecified atom stereocenters. The molecule has 0 fully saturated rings. The number of carbonyl (C=O) groups excluding carboxylic acids is 1. The van der Waals surface area contributed by atoms with E-state index in [9.17, 15) is 18.0 Å². The number of hydrogen-bond acceptors (Lipinski definition) is 3. The van der Waals surface area contributed by atoms with E-state index >= 15 is 0 Å². The first-order valence-corrected chi connectivity index (χ1v) is 10.3. The molecule has 0 atom stereocenters. The van der Waals surface area contributed by atoms with Crippen molar-refractivity contribution in [2.24, 2.45) is 5.10 Å². The summed E-state index contributed by atoms with van der Waals surface area (Å²) < 4.78 is 39.1. The van der Waals surface area contributed by atoms with Gasteiger partial charge in [0.15, 0.2) is 0 Å². The van der Waals surface area contributed by atoms with Crippen LogP contribution in [0, 0.1) is 0 Å². The third-order valence-corrected chi connectivity index (χ3v) is 5.47. The van der Waals surface area contributed by atoms with Gasteiger partial charge in [-0.25, -0.2) is 5.43 Å². The Kier molecular flexibility index (Phi) is 6.37. The number of amides is 1. The van der Waals surface area contributed by atoms with Crippen molar-refractivity contribution in [3.05, 3.63) is 106 Å². The van der Waals surface area contributed by atoms with Crippen LogP contribution in [0.1, 0.15) is 38.2 Å². The van der Waals surface area contributed by atoms with Gasteiger partial charge in [0.2, 0.25) is 0 Å². The van der Waals surface area contributed by atoms with Crippen molar-refractivity contribution in [2.75, 3.05) is 6.54 Å². The summed E-state index contributed by atoms with van der Waals surface area (Å²) in [4.78, 5) is 14.7. The predicted octanol–water partition coefficient (Wildman–Crippen LogP) is 5.03. The van der Waals surface area contributed by atoms with Crippen LogP contribution in [-0.4, -0.2) is 23.6 Å². The minimum Gasteiger partial charge on any atom is -0.294 e. The molecule has 4 nitrogen and oxygen atoms in total. The summed E-state index contributed by atoms with van der Waals surface area (Å²) in [6.45, 7) is 2.66. The molecule has 4 rings (SSSR count). The number of halogens is 3. The van der Waals surface area contributed by atoms with Crippen molar-refractivity contribution < 1.29 is 18.0 Å². The van der Waals surface area contributed by atoms with Crippen LogP contribution in [0.4, 0.5) is 13.2 Å². The average Bonchev–Trinajstić information content (AvgIpc) is 2.79. The van der Waals surface area contributed by atoms with Crippen molar-refractivity contribution in [3.63, 3.8) is 0 Å². The second kappa shape index (κ2) is 9.36. The molecule has 1 heterocycles. The van der Waals surface area contributed by atoms with Gasteiger partial charge in [0.05, 0.1) is 11.8 Å². The standard InChI is InChI=1S/C25H22F3N3O/c26-25(27,28)23-8-4-3-6-21(23)15-29-30-24(32)20-11-9-18(10-12-20)16-31-14-13-19-5-1-2-7-22(19)17-31/h1-12,15H,13-14,16-17H2,(H,30,32). The quantitative estimate of drug-likeness (QED) is 0.450. The molecule has 0 radical (unpaired) electrons. The van der Waals surface area contributed by atoms with E-state index in [2.05, 4.69) is 39.7 Å². The molecule has 0 aliphatic carbocycles. The highest BCUT2D eigenvalue weighted by Crippen LogP contribution is 2.31. The van der Waals surface area contributed by atoms with Gasteiger partial charge in [0.1, 0.15) is 0 Å². The number of nitrogens with one attached hydrogen (secondary N) is 1. The van der Waals surface area contributed by atoms with Gasteiger partial charge in [-0.3, -0.25) is 9.69 Å². The minimum absolute atomic E-state index is 0.112. The maximum Gasteiger partial charge on any atom is 0.417 e. The molecule has 7 heteroatoms. The van der Waals surface area contributed by atoms with Crippen LogP contribution in [0.5, 0.6) is 0 Å². The fourth-order valence-corrected chi connectivity index (χ4v) is 3.80. The zero-order valence-electron chi connectivity index (χ0n) is 17.3. The molecule has 0 bridgehead atoms. The maximum absolute atomic E-state index is 13.0. The van der Waals surface area contributed by atoms with Gasteiger partial charge >= 0.3 is 6.18 Å². The molecule has 1 N–H and O–H groups in total. The molecule has 3 aromatic rings. The van der Waals surface area contributed by atoms with Gasteiger partial charge in [-0.15, -0.1) is 0 Å². The Hall–Kier alpha value is -3.45. The zero-order valence-corrected chi connectivity index (χ0v) is 17.3. The molecular formula is C25H22F3N3O. The van der Waals surface area contributed by atoms with Crippen molar-refractivity contribution >= 4 is 12.1 Å². The van der Waals surface area contributed by atoms with Gasteiger partial charge in [0.25, 0.3) is 5.91 Å². The molecule has 1 aliphatic rings. The van der Waals surface area contributed by atoms with Crippen LogP contribution < -0.4 is 5.43 Å². The van der Waals surface area contributed by atoms with Crippen LogP contribution in [0.15, 0.2) is 77.9 Å². The number of hydrogen-bond donors (Lipinski definition) is 1. The lowest BCUT2D eigenvalue weighted by atomic mass is 9.99. The molecule has 0 saturated heterocycles. The van der Waals surface area contributed by atoms with Crippen LogP contribution in [0.3, 0.4) is 0 Å². The first-order chi connectivity index (χ1) is 15.4. The van der Waals surface area contributed by atoms with Gasteiger partial charge in [0, 0.05) is 30.8 Å². The fourth-order valence-electron chi connectivity index (χ4n) is 3.80. The molecule has 3 aromatic carbocycles. The van der Waals surface area contributed by atoms with Gasteiger partial charge < -0.3 is 0 Å². The Bertz CT molecular complexity index is 1120. The van der Waals surface area contributed by atoms with E-state index in [4.69, 9.17) is 0 Å². The molecule has 1 aliphatic heterocycles. The molecule has 164 valence electrons. The normalized spacial score (nSPS) is 14.3. The van der Waals surface area contributed by atoms with Crippen LogP contribution in [0.2, 0.25) is 0 Å². The lowest BCUT2D eigenvalue weighted by molar-refractivity contribution is -0.137. The van der Waals surface area contributed by atoms with Crippen LogP contribution >= 0.6 is 0 Å². The number of rotatable bonds is 5. The Labute approximate surface area is 184 Å². The molecule has 0 spiro atoms. The average molecular weight is 437 g/mol. The van der Waals surface area contributed by atoms with E-state index in [0.717, 1.165) is 43.9 Å². The largest absolute Gasteiger partial charge is 0.417 e. The number of fused-ring (bicyclic) bond motifs is 1. The van der Waals surface area contributed by atoms with Crippen molar-refractivity contribution in [2.45, 2.75) is 25.7 Å². The smallest absolute Gasteiger partial charge is 0.294 e. The lowest BCUT2D eigenvalue weighted by Gasteiger charge is -2.28.